The molecule has 3 N–H and O–H groups in total. The third kappa shape index (κ3) is 5.93. The van der Waals surface area contributed by atoms with Crippen LogP contribution in [0.1, 0.15) is 41.3 Å². The topological polar surface area (TPSA) is 145 Å². The maximum Gasteiger partial charge on any atom is 0.325 e. The maximum absolute atomic E-state index is 11.6. The number of anilines is 1. The Bertz CT molecular complexity index is 1310. The van der Waals surface area contributed by atoms with Crippen LogP contribution in [0.3, 0.4) is 0 Å². The summed E-state index contributed by atoms with van der Waals surface area (Å²) in [4.78, 5) is 27.7. The van der Waals surface area contributed by atoms with E-state index in [-0.39, 0.29) is 32.8 Å². The van der Waals surface area contributed by atoms with Gasteiger partial charge in [0.1, 0.15) is 12.4 Å². The smallest absolute Gasteiger partial charge is 0.325 e. The van der Waals surface area contributed by atoms with Gasteiger partial charge in [-0.05, 0) is 48.6 Å². The second kappa shape index (κ2) is 10.8. The first-order chi connectivity index (χ1) is 17.9. The van der Waals surface area contributed by atoms with Crippen LogP contribution in [0.15, 0.2) is 36.4 Å². The van der Waals surface area contributed by atoms with Crippen molar-refractivity contribution in [3.63, 3.8) is 0 Å². The largest absolute Gasteiger partial charge is 0.481 e. The molecular formula is C26H28N4O7. The molecule has 0 bridgehead atoms. The van der Waals surface area contributed by atoms with E-state index in [2.05, 4.69) is 21.5 Å². The number of aryl methyl sites for hydroxylation is 1. The van der Waals surface area contributed by atoms with Gasteiger partial charge < -0.3 is 29.7 Å². The maximum atomic E-state index is 11.6. The Morgan fingerprint density at radius 2 is 1.95 bits per heavy atom. The standard InChI is InChI=1S/C26H28N4O7/c31-24(32)12-18(17-4-6-21-22(11-17)37-15-36-21)10-20-13-23(30(29-20)14-25(33)34)35-9-7-19-5-3-16-2-1-8-27-26(16)28-19/h3-6,11,13,18H,1-2,7-10,12,14-15H2,(H,27,28)(H,31,32)(H,33,34)/t18-/m0/s1. The van der Waals surface area contributed by atoms with Crippen LogP contribution in [0.5, 0.6) is 17.4 Å². The van der Waals surface area contributed by atoms with E-state index in [0.29, 0.717) is 29.5 Å². The molecule has 3 aromatic rings. The normalized spacial score (nSPS) is 14.5. The van der Waals surface area contributed by atoms with Crippen molar-refractivity contribution in [2.75, 3.05) is 25.3 Å². The predicted octanol–water partition coefficient (Wildman–Crippen LogP) is 2.87. The lowest BCUT2D eigenvalue weighted by molar-refractivity contribution is -0.138. The van der Waals surface area contributed by atoms with Crippen LogP contribution in [0.25, 0.3) is 0 Å². The third-order valence-corrected chi connectivity index (χ3v) is 6.38. The molecule has 5 rings (SSSR count). The fraction of sp³-hybridized carbons (Fsp3) is 0.385. The van der Waals surface area contributed by atoms with E-state index in [1.54, 1.807) is 18.2 Å². The van der Waals surface area contributed by atoms with Gasteiger partial charge in [-0.15, -0.1) is 0 Å². The van der Waals surface area contributed by atoms with Gasteiger partial charge in [0.2, 0.25) is 12.7 Å². The fourth-order valence-corrected chi connectivity index (χ4v) is 4.61. The zero-order valence-electron chi connectivity index (χ0n) is 20.2. The summed E-state index contributed by atoms with van der Waals surface area (Å²) in [6.07, 6.45) is 2.81. The molecular weight excluding hydrogens is 480 g/mol. The Labute approximate surface area is 213 Å². The highest BCUT2D eigenvalue weighted by Crippen LogP contribution is 2.36. The van der Waals surface area contributed by atoms with E-state index in [9.17, 15) is 19.8 Å². The summed E-state index contributed by atoms with van der Waals surface area (Å²) in [7, 11) is 0. The number of pyridine rings is 1. The molecule has 0 spiro atoms. The predicted molar refractivity (Wildman–Crippen MR) is 131 cm³/mol. The minimum absolute atomic E-state index is 0.125. The van der Waals surface area contributed by atoms with Crippen molar-refractivity contribution >= 4 is 17.8 Å². The van der Waals surface area contributed by atoms with Crippen molar-refractivity contribution in [2.45, 2.75) is 44.6 Å². The molecule has 2 aliphatic heterocycles. The van der Waals surface area contributed by atoms with Crippen LogP contribution >= 0.6 is 0 Å². The first kappa shape index (κ1) is 24.4. The number of hydrogen-bond donors (Lipinski definition) is 3. The van der Waals surface area contributed by atoms with Gasteiger partial charge in [-0.2, -0.15) is 5.10 Å². The van der Waals surface area contributed by atoms with Crippen LogP contribution in [0.2, 0.25) is 0 Å². The van der Waals surface area contributed by atoms with E-state index in [1.165, 1.54) is 10.2 Å². The monoisotopic (exact) mass is 508 g/mol. The highest BCUT2D eigenvalue weighted by molar-refractivity contribution is 5.68. The Morgan fingerprint density at radius 3 is 2.78 bits per heavy atom. The van der Waals surface area contributed by atoms with Crippen molar-refractivity contribution in [2.24, 2.45) is 0 Å². The molecule has 1 atom stereocenters. The molecule has 0 amide bonds. The van der Waals surface area contributed by atoms with Gasteiger partial charge in [-0.25, -0.2) is 9.67 Å². The number of nitrogens with one attached hydrogen (secondary N) is 1. The summed E-state index contributed by atoms with van der Waals surface area (Å²) < 4.78 is 18.0. The van der Waals surface area contributed by atoms with Gasteiger partial charge in [-0.3, -0.25) is 9.59 Å². The number of nitrogens with zero attached hydrogens (tertiary/aromatic N) is 3. The Balaban J connectivity index is 1.30. The molecule has 0 aliphatic carbocycles. The average molecular weight is 509 g/mol. The first-order valence-electron chi connectivity index (χ1n) is 12.2. The average Bonchev–Trinajstić information content (AvgIpc) is 3.49. The summed E-state index contributed by atoms with van der Waals surface area (Å²) in [5.74, 6) is 0.00194. The number of aliphatic carboxylic acids is 2. The van der Waals surface area contributed by atoms with Crippen molar-refractivity contribution in [1.82, 2.24) is 14.8 Å². The molecule has 11 heteroatoms. The molecule has 37 heavy (non-hydrogen) atoms. The fourth-order valence-electron chi connectivity index (χ4n) is 4.61. The lowest BCUT2D eigenvalue weighted by Gasteiger charge is -2.17. The minimum atomic E-state index is -1.06. The molecule has 2 aliphatic rings. The summed E-state index contributed by atoms with van der Waals surface area (Å²) in [6.45, 7) is 0.952. The van der Waals surface area contributed by atoms with Crippen LogP contribution < -0.4 is 19.5 Å². The minimum Gasteiger partial charge on any atom is -0.481 e. The lowest BCUT2D eigenvalue weighted by atomic mass is 9.91. The zero-order valence-corrected chi connectivity index (χ0v) is 20.2. The highest BCUT2D eigenvalue weighted by atomic mass is 16.7. The Kier molecular flexibility index (Phi) is 7.11. The van der Waals surface area contributed by atoms with E-state index in [0.717, 1.165) is 36.5 Å². The van der Waals surface area contributed by atoms with Crippen LogP contribution in [-0.4, -0.2) is 56.9 Å². The van der Waals surface area contributed by atoms with Crippen molar-refractivity contribution < 1.29 is 34.0 Å². The number of ether oxygens (including phenoxy) is 3. The van der Waals surface area contributed by atoms with Crippen molar-refractivity contribution in [1.29, 1.82) is 0 Å². The molecule has 11 nitrogen and oxygen atoms in total. The van der Waals surface area contributed by atoms with Crippen LogP contribution in [0.4, 0.5) is 5.82 Å². The summed E-state index contributed by atoms with van der Waals surface area (Å²) in [6, 6.07) is 11.1. The number of hydrogen-bond acceptors (Lipinski definition) is 8. The second-order valence-electron chi connectivity index (χ2n) is 9.08. The Morgan fingerprint density at radius 1 is 1.08 bits per heavy atom. The molecule has 194 valence electrons. The number of aromatic nitrogens is 3. The number of carbonyl (C=O) groups is 2. The SMILES string of the molecule is O=C(O)C[C@H](Cc1cc(OCCc2ccc3c(n2)NCCC3)n(CC(=O)O)n1)c1ccc2c(c1)OCO2. The molecule has 4 heterocycles. The molecule has 0 saturated heterocycles. The van der Waals surface area contributed by atoms with Gasteiger partial charge in [0.25, 0.3) is 0 Å². The molecule has 2 aromatic heterocycles. The molecule has 0 saturated carbocycles. The first-order valence-corrected chi connectivity index (χ1v) is 12.2. The van der Waals surface area contributed by atoms with Gasteiger partial charge >= 0.3 is 11.9 Å². The van der Waals surface area contributed by atoms with Gasteiger partial charge in [0.05, 0.1) is 18.7 Å². The zero-order chi connectivity index (χ0) is 25.8. The quantitative estimate of drug-likeness (QED) is 0.353. The number of carboxylic acid groups (broad SMARTS) is 2. The summed E-state index contributed by atoms with van der Waals surface area (Å²) >= 11 is 0. The number of fused-ring (bicyclic) bond motifs is 2. The molecule has 1 aromatic carbocycles. The summed E-state index contributed by atoms with van der Waals surface area (Å²) in [5, 5.41) is 26.6. The third-order valence-electron chi connectivity index (χ3n) is 6.38. The molecule has 0 unspecified atom stereocenters. The Hall–Kier alpha value is -4.28. The number of rotatable bonds is 11. The molecule has 0 radical (unpaired) electrons. The van der Waals surface area contributed by atoms with E-state index >= 15 is 0 Å². The lowest BCUT2D eigenvalue weighted by Crippen LogP contribution is -2.15. The van der Waals surface area contributed by atoms with Crippen LogP contribution in [-0.2, 0) is 35.4 Å². The summed E-state index contributed by atoms with van der Waals surface area (Å²) in [5.41, 5.74) is 3.39. The van der Waals surface area contributed by atoms with Crippen molar-refractivity contribution in [3.8, 4) is 17.4 Å². The highest BCUT2D eigenvalue weighted by Gasteiger charge is 2.23. The second-order valence-corrected chi connectivity index (χ2v) is 9.08. The van der Waals surface area contributed by atoms with Gasteiger partial charge in [0, 0.05) is 30.6 Å². The van der Waals surface area contributed by atoms with Crippen molar-refractivity contribution in [3.05, 3.63) is 58.9 Å². The number of benzene rings is 1. The van der Waals surface area contributed by atoms with E-state index < -0.39 is 17.9 Å². The van der Waals surface area contributed by atoms with Gasteiger partial charge in [-0.1, -0.05) is 12.1 Å². The van der Waals surface area contributed by atoms with Crippen LogP contribution in [0, 0.1) is 0 Å². The van der Waals surface area contributed by atoms with Gasteiger partial charge in [0.15, 0.2) is 11.5 Å². The number of carboxylic acids is 2. The van der Waals surface area contributed by atoms with E-state index in [1.807, 2.05) is 12.1 Å². The van der Waals surface area contributed by atoms with E-state index in [4.69, 9.17) is 14.2 Å². The molecule has 0 fully saturated rings.